The van der Waals surface area contributed by atoms with Gasteiger partial charge in [-0.3, -0.25) is 14.4 Å². The summed E-state index contributed by atoms with van der Waals surface area (Å²) in [5, 5.41) is 3.02. The first-order chi connectivity index (χ1) is 12.0. The Kier molecular flexibility index (Phi) is 5.36. The molecule has 1 aliphatic carbocycles. The molecule has 1 aromatic rings. The lowest BCUT2D eigenvalue weighted by atomic mass is 9.84. The summed E-state index contributed by atoms with van der Waals surface area (Å²) in [5.41, 5.74) is 6.00. The molecule has 0 bridgehead atoms. The van der Waals surface area contributed by atoms with Crippen molar-refractivity contribution in [3.63, 3.8) is 0 Å². The van der Waals surface area contributed by atoms with Gasteiger partial charge in [-0.05, 0) is 50.3 Å². The van der Waals surface area contributed by atoms with Crippen LogP contribution in [-0.2, 0) is 4.79 Å². The fourth-order valence-electron chi connectivity index (χ4n) is 3.46. The molecule has 2 fully saturated rings. The van der Waals surface area contributed by atoms with E-state index in [1.807, 2.05) is 4.90 Å². The third kappa shape index (κ3) is 4.18. The van der Waals surface area contributed by atoms with Crippen LogP contribution in [0.4, 0.5) is 0 Å². The molecule has 0 radical (unpaired) electrons. The molecule has 6 heteroatoms. The van der Waals surface area contributed by atoms with Gasteiger partial charge in [-0.2, -0.15) is 0 Å². The second kappa shape index (κ2) is 7.68. The highest BCUT2D eigenvalue weighted by Gasteiger charge is 2.31. The molecule has 1 saturated carbocycles. The number of nitrogens with zero attached hydrogens (tertiary/aromatic N) is 1. The third-order valence-corrected chi connectivity index (χ3v) is 5.18. The molecule has 3 rings (SSSR count). The molecule has 0 aromatic heterocycles. The summed E-state index contributed by atoms with van der Waals surface area (Å²) in [6.45, 7) is 1.34. The molecule has 6 nitrogen and oxygen atoms in total. The Hall–Kier alpha value is -2.37. The fraction of sp³-hybridized carbons (Fsp3) is 0.526. The Morgan fingerprint density at radius 1 is 1.04 bits per heavy atom. The van der Waals surface area contributed by atoms with Crippen molar-refractivity contribution in [3.8, 4) is 0 Å². The van der Waals surface area contributed by atoms with Crippen molar-refractivity contribution in [1.29, 1.82) is 0 Å². The van der Waals surface area contributed by atoms with Gasteiger partial charge in [0.2, 0.25) is 11.8 Å². The lowest BCUT2D eigenvalue weighted by molar-refractivity contribution is -0.138. The molecule has 1 aromatic carbocycles. The van der Waals surface area contributed by atoms with Crippen molar-refractivity contribution in [3.05, 3.63) is 35.4 Å². The zero-order valence-corrected chi connectivity index (χ0v) is 14.4. The van der Waals surface area contributed by atoms with Crippen LogP contribution in [-0.4, -0.2) is 41.8 Å². The number of likely N-dealkylation sites (tertiary alicyclic amines) is 1. The molecule has 1 heterocycles. The van der Waals surface area contributed by atoms with Crippen molar-refractivity contribution >= 4 is 17.7 Å². The molecular weight excluding hydrogens is 318 g/mol. The minimum atomic E-state index is -0.554. The average Bonchev–Trinajstić information content (AvgIpc) is 2.79. The van der Waals surface area contributed by atoms with Crippen molar-refractivity contribution < 1.29 is 14.4 Å². The largest absolute Gasteiger partial charge is 0.366 e. The summed E-state index contributed by atoms with van der Waals surface area (Å²) in [4.78, 5) is 38.2. The number of hydrogen-bond donors (Lipinski definition) is 2. The van der Waals surface area contributed by atoms with Gasteiger partial charge < -0.3 is 16.0 Å². The predicted molar refractivity (Wildman–Crippen MR) is 94.0 cm³/mol. The molecule has 3 N–H and O–H groups in total. The number of amides is 3. The molecule has 0 unspecified atom stereocenters. The van der Waals surface area contributed by atoms with Crippen LogP contribution in [0.1, 0.15) is 59.2 Å². The number of rotatable bonds is 4. The summed E-state index contributed by atoms with van der Waals surface area (Å²) in [6, 6.07) is 6.34. The lowest BCUT2D eigenvalue weighted by Crippen LogP contribution is -2.47. The molecule has 1 atom stereocenters. The van der Waals surface area contributed by atoms with Crippen LogP contribution in [0.15, 0.2) is 24.3 Å². The Balaban J connectivity index is 1.64. The van der Waals surface area contributed by atoms with E-state index in [1.165, 1.54) is 6.07 Å². The summed E-state index contributed by atoms with van der Waals surface area (Å²) in [6.07, 6.45) is 5.94. The molecule has 1 saturated heterocycles. The molecule has 0 spiro atoms. The SMILES string of the molecule is NC(=O)c1cccc(C(=O)N[C@H]2CCCCN(C(=O)C3CCC3)C2)c1. The van der Waals surface area contributed by atoms with E-state index in [0.29, 0.717) is 17.7 Å². The predicted octanol–water partition coefficient (Wildman–Crippen LogP) is 1.70. The third-order valence-electron chi connectivity index (χ3n) is 5.18. The maximum atomic E-state index is 12.5. The summed E-state index contributed by atoms with van der Waals surface area (Å²) in [7, 11) is 0. The van der Waals surface area contributed by atoms with Gasteiger partial charge in [-0.1, -0.05) is 12.5 Å². The first kappa shape index (κ1) is 17.5. The van der Waals surface area contributed by atoms with Crippen LogP contribution in [0.2, 0.25) is 0 Å². The molecular formula is C19H25N3O3. The van der Waals surface area contributed by atoms with Gasteiger partial charge in [-0.15, -0.1) is 0 Å². The van der Waals surface area contributed by atoms with Gasteiger partial charge in [0.05, 0.1) is 0 Å². The topological polar surface area (TPSA) is 92.5 Å². The monoisotopic (exact) mass is 343 g/mol. The fourth-order valence-corrected chi connectivity index (χ4v) is 3.46. The van der Waals surface area contributed by atoms with E-state index < -0.39 is 5.91 Å². The zero-order valence-electron chi connectivity index (χ0n) is 14.4. The maximum absolute atomic E-state index is 12.5. The maximum Gasteiger partial charge on any atom is 0.251 e. The van der Waals surface area contributed by atoms with Crippen LogP contribution in [0.25, 0.3) is 0 Å². The van der Waals surface area contributed by atoms with Gasteiger partial charge >= 0.3 is 0 Å². The van der Waals surface area contributed by atoms with Crippen LogP contribution in [0.5, 0.6) is 0 Å². The number of benzene rings is 1. The van der Waals surface area contributed by atoms with Gasteiger partial charge in [0.15, 0.2) is 0 Å². The molecule has 2 aliphatic rings. The van der Waals surface area contributed by atoms with Gasteiger partial charge in [-0.25, -0.2) is 0 Å². The van der Waals surface area contributed by atoms with E-state index in [2.05, 4.69) is 5.32 Å². The second-order valence-corrected chi connectivity index (χ2v) is 7.02. The van der Waals surface area contributed by atoms with Crippen molar-refractivity contribution in [2.24, 2.45) is 11.7 Å². The zero-order chi connectivity index (χ0) is 17.8. The average molecular weight is 343 g/mol. The highest BCUT2D eigenvalue weighted by Crippen LogP contribution is 2.29. The van der Waals surface area contributed by atoms with Crippen LogP contribution < -0.4 is 11.1 Å². The smallest absolute Gasteiger partial charge is 0.251 e. The molecule has 3 amide bonds. The van der Waals surface area contributed by atoms with Crippen LogP contribution >= 0.6 is 0 Å². The molecule has 25 heavy (non-hydrogen) atoms. The van der Waals surface area contributed by atoms with Gasteiger partial charge in [0.1, 0.15) is 0 Å². The Bertz CT molecular complexity index is 670. The van der Waals surface area contributed by atoms with Crippen molar-refractivity contribution in [2.75, 3.05) is 13.1 Å². The summed E-state index contributed by atoms with van der Waals surface area (Å²) in [5.74, 6) is -0.364. The Labute approximate surface area is 147 Å². The van der Waals surface area contributed by atoms with Crippen LogP contribution in [0.3, 0.4) is 0 Å². The number of nitrogens with one attached hydrogen (secondary N) is 1. The highest BCUT2D eigenvalue weighted by molar-refractivity contribution is 5.99. The molecule has 1 aliphatic heterocycles. The van der Waals surface area contributed by atoms with E-state index >= 15 is 0 Å². The standard InChI is InChI=1S/C19H25N3O3/c20-17(23)14-7-4-8-15(11-14)18(24)21-16-9-1-2-10-22(12-16)19(25)13-5-3-6-13/h4,7-8,11,13,16H,1-3,5-6,9-10,12H2,(H2,20,23)(H,21,24)/t16-/m0/s1. The van der Waals surface area contributed by atoms with Crippen molar-refractivity contribution in [1.82, 2.24) is 10.2 Å². The minimum Gasteiger partial charge on any atom is -0.366 e. The van der Waals surface area contributed by atoms with E-state index in [4.69, 9.17) is 5.73 Å². The number of hydrogen-bond acceptors (Lipinski definition) is 3. The summed E-state index contributed by atoms with van der Waals surface area (Å²) >= 11 is 0. The highest BCUT2D eigenvalue weighted by atomic mass is 16.2. The van der Waals surface area contributed by atoms with E-state index in [0.717, 1.165) is 45.1 Å². The van der Waals surface area contributed by atoms with Crippen molar-refractivity contribution in [2.45, 2.75) is 44.6 Å². The second-order valence-electron chi connectivity index (χ2n) is 7.02. The molecule has 134 valence electrons. The number of primary amides is 1. The van der Waals surface area contributed by atoms with E-state index in [-0.39, 0.29) is 23.8 Å². The van der Waals surface area contributed by atoms with Gasteiger partial charge in [0, 0.05) is 36.2 Å². The van der Waals surface area contributed by atoms with E-state index in [1.54, 1.807) is 18.2 Å². The van der Waals surface area contributed by atoms with E-state index in [9.17, 15) is 14.4 Å². The lowest BCUT2D eigenvalue weighted by Gasteiger charge is -2.32. The minimum absolute atomic E-state index is 0.0590. The first-order valence-corrected chi connectivity index (χ1v) is 9.04. The number of carbonyl (C=O) groups excluding carboxylic acids is 3. The van der Waals surface area contributed by atoms with Gasteiger partial charge in [0.25, 0.3) is 5.91 Å². The first-order valence-electron chi connectivity index (χ1n) is 9.04. The summed E-state index contributed by atoms with van der Waals surface area (Å²) < 4.78 is 0. The normalized spacial score (nSPS) is 21.1. The number of nitrogens with two attached hydrogens (primary N) is 1. The van der Waals surface area contributed by atoms with Crippen LogP contribution in [0, 0.1) is 5.92 Å². The quantitative estimate of drug-likeness (QED) is 0.871. The Morgan fingerprint density at radius 3 is 2.48 bits per heavy atom. The Morgan fingerprint density at radius 2 is 1.80 bits per heavy atom. The number of carbonyl (C=O) groups is 3.